The van der Waals surface area contributed by atoms with E-state index < -0.39 is 0 Å². The van der Waals surface area contributed by atoms with Gasteiger partial charge < -0.3 is 9.47 Å². The standard InChI is InChI=1S/C20H22N2O2/c1-23-17-8-4-15(5-9-17)19-12-3-13-20(14-19,22-21-19)16-6-10-18(24-2)11-7-16/h4-11H,3,12-14H2,1-2H3. The van der Waals surface area contributed by atoms with Crippen molar-refractivity contribution in [2.45, 2.75) is 36.8 Å². The Morgan fingerprint density at radius 2 is 1.12 bits per heavy atom. The molecule has 0 radical (unpaired) electrons. The maximum absolute atomic E-state index is 5.28. The molecule has 2 aliphatic rings. The van der Waals surface area contributed by atoms with Crippen LogP contribution in [0.15, 0.2) is 58.8 Å². The Hall–Kier alpha value is -2.36. The predicted octanol–water partition coefficient (Wildman–Crippen LogP) is 4.83. The molecule has 0 aromatic heterocycles. The fourth-order valence-electron chi connectivity index (χ4n) is 4.11. The lowest BCUT2D eigenvalue weighted by molar-refractivity contribution is 0.252. The Balaban J connectivity index is 1.67. The van der Waals surface area contributed by atoms with E-state index >= 15 is 0 Å². The van der Waals surface area contributed by atoms with E-state index in [9.17, 15) is 0 Å². The maximum Gasteiger partial charge on any atom is 0.118 e. The van der Waals surface area contributed by atoms with Crippen LogP contribution >= 0.6 is 0 Å². The first-order valence-corrected chi connectivity index (χ1v) is 8.43. The fourth-order valence-corrected chi connectivity index (χ4v) is 4.11. The lowest BCUT2D eigenvalue weighted by atomic mass is 9.68. The zero-order valence-electron chi connectivity index (χ0n) is 14.2. The highest BCUT2D eigenvalue weighted by Gasteiger charge is 2.52. The van der Waals surface area contributed by atoms with Crippen molar-refractivity contribution in [1.29, 1.82) is 0 Å². The summed E-state index contributed by atoms with van der Waals surface area (Å²) in [6, 6.07) is 16.6. The summed E-state index contributed by atoms with van der Waals surface area (Å²) in [7, 11) is 3.38. The topological polar surface area (TPSA) is 43.2 Å². The van der Waals surface area contributed by atoms with Crippen LogP contribution in [-0.4, -0.2) is 14.2 Å². The van der Waals surface area contributed by atoms with Crippen molar-refractivity contribution >= 4 is 0 Å². The van der Waals surface area contributed by atoms with Crippen LogP contribution in [-0.2, 0) is 11.1 Å². The van der Waals surface area contributed by atoms with Gasteiger partial charge in [0.15, 0.2) is 0 Å². The van der Waals surface area contributed by atoms with E-state index in [1.165, 1.54) is 11.1 Å². The number of hydrogen-bond acceptors (Lipinski definition) is 4. The van der Waals surface area contributed by atoms with Crippen molar-refractivity contribution in [2.75, 3.05) is 14.2 Å². The summed E-state index contributed by atoms with van der Waals surface area (Å²) < 4.78 is 10.6. The van der Waals surface area contributed by atoms with Crippen LogP contribution in [0.4, 0.5) is 0 Å². The minimum Gasteiger partial charge on any atom is -0.497 e. The summed E-state index contributed by atoms with van der Waals surface area (Å²) in [6.07, 6.45) is 4.19. The quantitative estimate of drug-likeness (QED) is 0.809. The summed E-state index contributed by atoms with van der Waals surface area (Å²) in [5.74, 6) is 1.75. The maximum atomic E-state index is 5.28. The highest BCUT2D eigenvalue weighted by molar-refractivity contribution is 5.38. The summed E-state index contributed by atoms with van der Waals surface area (Å²) in [4.78, 5) is 0. The van der Waals surface area contributed by atoms with Crippen molar-refractivity contribution in [3.63, 3.8) is 0 Å². The number of methoxy groups -OCH3 is 2. The van der Waals surface area contributed by atoms with Crippen molar-refractivity contribution in [1.82, 2.24) is 0 Å². The van der Waals surface area contributed by atoms with Gasteiger partial charge in [-0.05, 0) is 54.7 Å². The zero-order chi connectivity index (χ0) is 16.6. The van der Waals surface area contributed by atoms with Crippen molar-refractivity contribution in [3.05, 3.63) is 59.7 Å². The van der Waals surface area contributed by atoms with Crippen LogP contribution in [0.5, 0.6) is 11.5 Å². The van der Waals surface area contributed by atoms with E-state index in [1.54, 1.807) is 14.2 Å². The molecule has 2 atom stereocenters. The van der Waals surface area contributed by atoms with Crippen LogP contribution in [0.3, 0.4) is 0 Å². The molecule has 4 heteroatoms. The first kappa shape index (κ1) is 15.2. The summed E-state index contributed by atoms with van der Waals surface area (Å²) in [6.45, 7) is 0. The van der Waals surface area contributed by atoms with E-state index in [0.717, 1.165) is 37.2 Å². The van der Waals surface area contributed by atoms with Crippen molar-refractivity contribution in [2.24, 2.45) is 10.2 Å². The summed E-state index contributed by atoms with van der Waals surface area (Å²) in [5.41, 5.74) is 2.10. The average molecular weight is 322 g/mol. The summed E-state index contributed by atoms with van der Waals surface area (Å²) >= 11 is 0. The van der Waals surface area contributed by atoms with Gasteiger partial charge in [-0.3, -0.25) is 0 Å². The number of rotatable bonds is 4. The second-order valence-corrected chi connectivity index (χ2v) is 6.75. The fraction of sp³-hybridized carbons (Fsp3) is 0.400. The number of nitrogens with zero attached hydrogens (tertiary/aromatic N) is 2. The van der Waals surface area contributed by atoms with Crippen molar-refractivity contribution in [3.8, 4) is 11.5 Å². The van der Waals surface area contributed by atoms with Crippen LogP contribution in [0.25, 0.3) is 0 Å². The Morgan fingerprint density at radius 3 is 1.50 bits per heavy atom. The SMILES string of the molecule is COc1ccc(C23CCCC(c4ccc(OC)cc4)(C2)N=N3)cc1. The van der Waals surface area contributed by atoms with E-state index in [4.69, 9.17) is 19.7 Å². The third kappa shape index (κ3) is 2.29. The largest absolute Gasteiger partial charge is 0.497 e. The minimum atomic E-state index is -0.190. The van der Waals surface area contributed by atoms with Gasteiger partial charge in [-0.15, -0.1) is 0 Å². The first-order valence-electron chi connectivity index (χ1n) is 8.43. The molecule has 0 N–H and O–H groups in total. The van der Waals surface area contributed by atoms with Gasteiger partial charge in [0.2, 0.25) is 0 Å². The molecule has 0 saturated heterocycles. The van der Waals surface area contributed by atoms with Gasteiger partial charge in [0.1, 0.15) is 22.6 Å². The molecule has 0 spiro atoms. The Morgan fingerprint density at radius 1 is 0.708 bits per heavy atom. The van der Waals surface area contributed by atoms with E-state index in [1.807, 2.05) is 24.3 Å². The zero-order valence-corrected chi connectivity index (χ0v) is 14.2. The first-order chi connectivity index (χ1) is 11.7. The molecule has 1 aliphatic heterocycles. The predicted molar refractivity (Wildman–Crippen MR) is 92.7 cm³/mol. The highest BCUT2D eigenvalue weighted by atomic mass is 16.5. The molecular weight excluding hydrogens is 300 g/mol. The smallest absolute Gasteiger partial charge is 0.118 e. The van der Waals surface area contributed by atoms with Crippen LogP contribution in [0, 0.1) is 0 Å². The van der Waals surface area contributed by atoms with E-state index in [0.29, 0.717) is 0 Å². The molecule has 0 amide bonds. The van der Waals surface area contributed by atoms with Gasteiger partial charge in [0, 0.05) is 6.42 Å². The van der Waals surface area contributed by atoms with Gasteiger partial charge in [-0.25, -0.2) is 0 Å². The Kier molecular flexibility index (Phi) is 3.56. The van der Waals surface area contributed by atoms with Crippen molar-refractivity contribution < 1.29 is 9.47 Å². The molecule has 1 aliphatic carbocycles. The minimum absolute atomic E-state index is 0.190. The lowest BCUT2D eigenvalue weighted by Crippen LogP contribution is -2.34. The molecule has 1 saturated carbocycles. The molecule has 1 fully saturated rings. The average Bonchev–Trinajstić information content (AvgIpc) is 2.94. The molecule has 2 aromatic carbocycles. The second kappa shape index (κ2) is 5.62. The van der Waals surface area contributed by atoms with Gasteiger partial charge in [0.25, 0.3) is 0 Å². The third-order valence-corrected chi connectivity index (χ3v) is 5.45. The van der Waals surface area contributed by atoms with Gasteiger partial charge in [0.05, 0.1) is 14.2 Å². The number of azo groups is 1. The molecular formula is C20H22N2O2. The van der Waals surface area contributed by atoms with E-state index in [2.05, 4.69) is 24.3 Å². The monoisotopic (exact) mass is 322 g/mol. The van der Waals surface area contributed by atoms with Crippen LogP contribution in [0.2, 0.25) is 0 Å². The van der Waals surface area contributed by atoms with Gasteiger partial charge in [-0.1, -0.05) is 24.3 Å². The normalized spacial score (nSPS) is 27.9. The van der Waals surface area contributed by atoms with Crippen LogP contribution in [0.1, 0.15) is 36.8 Å². The number of benzene rings is 2. The number of hydrogen-bond donors (Lipinski definition) is 0. The van der Waals surface area contributed by atoms with Gasteiger partial charge in [-0.2, -0.15) is 10.2 Å². The van der Waals surface area contributed by atoms with Crippen LogP contribution < -0.4 is 9.47 Å². The number of fused-ring (bicyclic) bond motifs is 2. The number of ether oxygens (including phenoxy) is 2. The van der Waals surface area contributed by atoms with Gasteiger partial charge >= 0.3 is 0 Å². The molecule has 2 unspecified atom stereocenters. The second-order valence-electron chi connectivity index (χ2n) is 6.75. The Labute approximate surface area is 142 Å². The molecule has 4 nitrogen and oxygen atoms in total. The summed E-state index contributed by atoms with van der Waals surface area (Å²) in [5, 5.41) is 9.60. The Bertz CT molecular complexity index is 691. The highest BCUT2D eigenvalue weighted by Crippen LogP contribution is 2.56. The molecule has 124 valence electrons. The molecule has 1 heterocycles. The molecule has 4 rings (SSSR count). The molecule has 2 bridgehead atoms. The lowest BCUT2D eigenvalue weighted by Gasteiger charge is -2.36. The van der Waals surface area contributed by atoms with E-state index in [-0.39, 0.29) is 11.1 Å². The molecule has 2 aromatic rings. The molecule has 24 heavy (non-hydrogen) atoms. The third-order valence-electron chi connectivity index (χ3n) is 5.45.